The minimum atomic E-state index is -0.884. The molecule has 0 aromatic heterocycles. The van der Waals surface area contributed by atoms with Crippen molar-refractivity contribution in [3.05, 3.63) is 35.4 Å². The summed E-state index contributed by atoms with van der Waals surface area (Å²) in [5.41, 5.74) is 1.76. The van der Waals surface area contributed by atoms with Crippen molar-refractivity contribution in [1.29, 1.82) is 0 Å². The van der Waals surface area contributed by atoms with E-state index in [4.69, 9.17) is 16.3 Å². The third-order valence-electron chi connectivity index (χ3n) is 3.97. The number of esters is 1. The molecular weight excluding hydrogens is 302 g/mol. The number of halogens is 1. The molecule has 1 fully saturated rings. The molecule has 0 saturated carbocycles. The second-order valence-corrected chi connectivity index (χ2v) is 5.96. The van der Waals surface area contributed by atoms with Gasteiger partial charge < -0.3 is 9.64 Å². The molecule has 4 nitrogen and oxygen atoms in total. The molecule has 2 rings (SSSR count). The lowest BCUT2D eigenvalue weighted by molar-refractivity contribution is -0.158. The molecule has 0 N–H and O–H groups in total. The molecule has 2 atom stereocenters. The number of benzene rings is 1. The number of likely N-dealkylation sites (tertiary alicyclic amines) is 1. The lowest BCUT2D eigenvalue weighted by Gasteiger charge is -2.21. The van der Waals surface area contributed by atoms with Crippen molar-refractivity contribution in [3.8, 4) is 0 Å². The van der Waals surface area contributed by atoms with E-state index in [9.17, 15) is 9.59 Å². The molecule has 1 heterocycles. The summed E-state index contributed by atoms with van der Waals surface area (Å²) in [4.78, 5) is 26.1. The molecule has 5 heteroatoms. The fraction of sp³-hybridized carbons (Fsp3) is 0.529. The van der Waals surface area contributed by atoms with Crippen molar-refractivity contribution in [2.75, 3.05) is 13.1 Å². The Morgan fingerprint density at radius 1 is 1.27 bits per heavy atom. The zero-order valence-electron chi connectivity index (χ0n) is 13.0. The fourth-order valence-corrected chi connectivity index (χ4v) is 2.97. The summed E-state index contributed by atoms with van der Waals surface area (Å²) in [6, 6.07) is 7.52. The predicted molar refractivity (Wildman–Crippen MR) is 85.8 cm³/mol. The van der Waals surface area contributed by atoms with Crippen LogP contribution in [0.3, 0.4) is 0 Å². The van der Waals surface area contributed by atoms with Crippen molar-refractivity contribution < 1.29 is 14.3 Å². The van der Waals surface area contributed by atoms with Gasteiger partial charge in [-0.1, -0.05) is 31.2 Å². The molecule has 1 aliphatic rings. The van der Waals surface area contributed by atoms with Gasteiger partial charge in [-0.05, 0) is 37.3 Å². The number of ether oxygens (including phenoxy) is 1. The summed E-state index contributed by atoms with van der Waals surface area (Å²) in [5.74, 6) is -0.707. The second kappa shape index (κ2) is 7.63. The highest BCUT2D eigenvalue weighted by molar-refractivity contribution is 6.30. The van der Waals surface area contributed by atoms with Gasteiger partial charge in [-0.15, -0.1) is 11.6 Å². The van der Waals surface area contributed by atoms with Crippen LogP contribution in [0.4, 0.5) is 0 Å². The topological polar surface area (TPSA) is 46.6 Å². The molecule has 2 unspecified atom stereocenters. The molecule has 0 bridgehead atoms. The SMILES string of the molecule is CCc1ccccc1C(Cl)C(=O)OC(C)C(=O)N1CCCC1. The summed E-state index contributed by atoms with van der Waals surface area (Å²) in [5, 5.41) is -0.884. The Morgan fingerprint density at radius 2 is 1.91 bits per heavy atom. The van der Waals surface area contributed by atoms with E-state index < -0.39 is 17.5 Å². The molecular formula is C17H22ClNO3. The summed E-state index contributed by atoms with van der Waals surface area (Å²) in [7, 11) is 0. The standard InChI is InChI=1S/C17H22ClNO3/c1-3-13-8-4-5-9-14(13)15(18)17(21)22-12(2)16(20)19-10-6-7-11-19/h4-5,8-9,12,15H,3,6-7,10-11H2,1-2H3. The maximum Gasteiger partial charge on any atom is 0.329 e. The molecule has 0 spiro atoms. The van der Waals surface area contributed by atoms with Gasteiger partial charge in [0, 0.05) is 13.1 Å². The second-order valence-electron chi connectivity index (χ2n) is 5.53. The van der Waals surface area contributed by atoms with Crippen molar-refractivity contribution in [2.45, 2.75) is 44.6 Å². The van der Waals surface area contributed by atoms with Gasteiger partial charge in [0.1, 0.15) is 0 Å². The van der Waals surface area contributed by atoms with Crippen LogP contribution in [0.2, 0.25) is 0 Å². The monoisotopic (exact) mass is 323 g/mol. The molecule has 1 aromatic carbocycles. The number of hydrogen-bond donors (Lipinski definition) is 0. The average molecular weight is 324 g/mol. The van der Waals surface area contributed by atoms with Gasteiger partial charge in [-0.2, -0.15) is 0 Å². The van der Waals surface area contributed by atoms with Crippen LogP contribution in [-0.4, -0.2) is 36.0 Å². The number of hydrogen-bond acceptors (Lipinski definition) is 3. The Labute approximate surface area is 136 Å². The Hall–Kier alpha value is -1.55. The normalized spacial score (nSPS) is 17.1. The third-order valence-corrected chi connectivity index (χ3v) is 4.39. The summed E-state index contributed by atoms with van der Waals surface area (Å²) < 4.78 is 5.28. The molecule has 0 aliphatic carbocycles. The van der Waals surface area contributed by atoms with E-state index in [2.05, 4.69) is 0 Å². The van der Waals surface area contributed by atoms with Crippen LogP contribution in [0, 0.1) is 0 Å². The van der Waals surface area contributed by atoms with Crippen molar-refractivity contribution in [3.63, 3.8) is 0 Å². The van der Waals surface area contributed by atoms with Crippen molar-refractivity contribution >= 4 is 23.5 Å². The maximum absolute atomic E-state index is 12.2. The van der Waals surface area contributed by atoms with Gasteiger partial charge in [0.05, 0.1) is 0 Å². The molecule has 1 amide bonds. The van der Waals surface area contributed by atoms with Crippen LogP contribution in [0.15, 0.2) is 24.3 Å². The molecule has 1 aromatic rings. The number of nitrogens with zero attached hydrogens (tertiary/aromatic N) is 1. The number of rotatable bonds is 5. The third kappa shape index (κ3) is 3.80. The highest BCUT2D eigenvalue weighted by atomic mass is 35.5. The van der Waals surface area contributed by atoms with E-state index in [1.165, 1.54) is 0 Å². The number of carbonyl (C=O) groups excluding carboxylic acids is 2. The molecule has 1 aliphatic heterocycles. The van der Waals surface area contributed by atoms with E-state index in [-0.39, 0.29) is 5.91 Å². The van der Waals surface area contributed by atoms with E-state index >= 15 is 0 Å². The minimum Gasteiger partial charge on any atom is -0.451 e. The van der Waals surface area contributed by atoms with Gasteiger partial charge in [0.25, 0.3) is 5.91 Å². The predicted octanol–water partition coefficient (Wildman–Crippen LogP) is 3.08. The van der Waals surface area contributed by atoms with Gasteiger partial charge in [0.2, 0.25) is 0 Å². The molecule has 22 heavy (non-hydrogen) atoms. The number of carbonyl (C=O) groups is 2. The Bertz CT molecular complexity index is 540. The molecule has 120 valence electrons. The number of alkyl halides is 1. The lowest BCUT2D eigenvalue weighted by atomic mass is 10.0. The molecule has 1 saturated heterocycles. The van der Waals surface area contributed by atoms with Gasteiger partial charge >= 0.3 is 5.97 Å². The summed E-state index contributed by atoms with van der Waals surface area (Å²) in [6.07, 6.45) is 2.01. The first-order valence-electron chi connectivity index (χ1n) is 7.75. The smallest absolute Gasteiger partial charge is 0.329 e. The zero-order valence-corrected chi connectivity index (χ0v) is 13.8. The van der Waals surface area contributed by atoms with Crippen LogP contribution in [0.25, 0.3) is 0 Å². The zero-order chi connectivity index (χ0) is 16.1. The highest BCUT2D eigenvalue weighted by Crippen LogP contribution is 2.26. The van der Waals surface area contributed by atoms with E-state index in [0.717, 1.165) is 43.5 Å². The Balaban J connectivity index is 2.00. The van der Waals surface area contributed by atoms with Crippen LogP contribution in [-0.2, 0) is 20.7 Å². The summed E-state index contributed by atoms with van der Waals surface area (Å²) in [6.45, 7) is 5.09. The summed E-state index contributed by atoms with van der Waals surface area (Å²) >= 11 is 6.25. The molecule has 0 radical (unpaired) electrons. The first kappa shape index (κ1) is 16.8. The maximum atomic E-state index is 12.2. The van der Waals surface area contributed by atoms with E-state index in [0.29, 0.717) is 0 Å². The average Bonchev–Trinajstić information content (AvgIpc) is 3.07. The Morgan fingerprint density at radius 3 is 2.55 bits per heavy atom. The fourth-order valence-electron chi connectivity index (χ4n) is 2.71. The first-order chi connectivity index (χ1) is 10.5. The lowest BCUT2D eigenvalue weighted by Crippen LogP contribution is -2.38. The Kier molecular flexibility index (Phi) is 5.83. The largest absolute Gasteiger partial charge is 0.451 e. The van der Waals surface area contributed by atoms with Crippen LogP contribution in [0.1, 0.15) is 43.2 Å². The van der Waals surface area contributed by atoms with Gasteiger partial charge in [0.15, 0.2) is 11.5 Å². The van der Waals surface area contributed by atoms with E-state index in [1.54, 1.807) is 11.8 Å². The van der Waals surface area contributed by atoms with Crippen LogP contribution in [0.5, 0.6) is 0 Å². The number of aryl methyl sites for hydroxylation is 1. The van der Waals surface area contributed by atoms with Gasteiger partial charge in [-0.3, -0.25) is 9.59 Å². The van der Waals surface area contributed by atoms with E-state index in [1.807, 2.05) is 31.2 Å². The van der Waals surface area contributed by atoms with Gasteiger partial charge in [-0.25, -0.2) is 0 Å². The van der Waals surface area contributed by atoms with Crippen LogP contribution < -0.4 is 0 Å². The van der Waals surface area contributed by atoms with Crippen LogP contribution >= 0.6 is 11.6 Å². The minimum absolute atomic E-state index is 0.140. The van der Waals surface area contributed by atoms with Crippen molar-refractivity contribution in [2.24, 2.45) is 0 Å². The highest BCUT2D eigenvalue weighted by Gasteiger charge is 2.29. The first-order valence-corrected chi connectivity index (χ1v) is 8.19. The quantitative estimate of drug-likeness (QED) is 0.618. The van der Waals surface area contributed by atoms with Crippen molar-refractivity contribution in [1.82, 2.24) is 4.90 Å². The number of amides is 1.